The number of ether oxygens (including phenoxy) is 1. The molecule has 1 aliphatic carbocycles. The number of aromatic amines is 1. The summed E-state index contributed by atoms with van der Waals surface area (Å²) in [7, 11) is 0. The van der Waals surface area contributed by atoms with Crippen molar-refractivity contribution in [2.24, 2.45) is 5.41 Å². The summed E-state index contributed by atoms with van der Waals surface area (Å²) in [6.45, 7) is 2.68. The summed E-state index contributed by atoms with van der Waals surface area (Å²) in [6.07, 6.45) is 4.44. The summed E-state index contributed by atoms with van der Waals surface area (Å²) >= 11 is 7.63. The molecule has 8 nitrogen and oxygen atoms in total. The number of aromatic nitrogens is 4. The molecule has 1 aliphatic rings. The quantitative estimate of drug-likeness (QED) is 0.355. The van der Waals surface area contributed by atoms with Gasteiger partial charge < -0.3 is 9.72 Å². The van der Waals surface area contributed by atoms with E-state index >= 15 is 0 Å². The summed E-state index contributed by atoms with van der Waals surface area (Å²) < 4.78 is 9.79. The van der Waals surface area contributed by atoms with Gasteiger partial charge in [0.1, 0.15) is 18.1 Å². The van der Waals surface area contributed by atoms with Crippen molar-refractivity contribution >= 4 is 51.3 Å². The van der Waals surface area contributed by atoms with Gasteiger partial charge in [0.2, 0.25) is 0 Å². The molecule has 0 unspecified atom stereocenters. The third kappa shape index (κ3) is 4.63. The highest BCUT2D eigenvalue weighted by molar-refractivity contribution is 7.97. The highest BCUT2D eigenvalue weighted by Crippen LogP contribution is 2.45. The van der Waals surface area contributed by atoms with Crippen LogP contribution < -0.4 is 15.0 Å². The van der Waals surface area contributed by atoms with Gasteiger partial charge in [0.05, 0.1) is 40.2 Å². The zero-order valence-corrected chi connectivity index (χ0v) is 20.4. The third-order valence-corrected chi connectivity index (χ3v) is 6.78. The fourth-order valence-corrected chi connectivity index (χ4v) is 4.36. The van der Waals surface area contributed by atoms with E-state index in [0.717, 1.165) is 16.4 Å². The molecule has 1 saturated carbocycles. The molecule has 5 rings (SSSR count). The van der Waals surface area contributed by atoms with Gasteiger partial charge in [-0.2, -0.15) is 5.10 Å². The van der Waals surface area contributed by atoms with E-state index < -0.39 is 0 Å². The molecule has 0 saturated heterocycles. The number of nitrogens with one attached hydrogen (secondary N) is 2. The number of H-pyrrole nitrogens is 1. The molecular weight excluding hydrogens is 474 g/mol. The summed E-state index contributed by atoms with van der Waals surface area (Å²) in [4.78, 5) is 33.0. The van der Waals surface area contributed by atoms with E-state index in [1.165, 1.54) is 29.5 Å². The number of nitrogens with zero attached hydrogens (tertiary/aromatic N) is 3. The lowest BCUT2D eigenvalue weighted by atomic mass is 10.1. The van der Waals surface area contributed by atoms with Crippen LogP contribution in [0.25, 0.3) is 21.8 Å². The number of hydrogen-bond acceptors (Lipinski definition) is 6. The van der Waals surface area contributed by atoms with Crippen molar-refractivity contribution in [1.29, 1.82) is 0 Å². The fraction of sp³-hybridized carbons (Fsp3) is 0.333. The van der Waals surface area contributed by atoms with Gasteiger partial charge >= 0.3 is 0 Å². The van der Waals surface area contributed by atoms with Gasteiger partial charge in [0.15, 0.2) is 0 Å². The number of rotatable bonds is 8. The van der Waals surface area contributed by atoms with E-state index in [1.807, 2.05) is 24.3 Å². The first kappa shape index (κ1) is 22.7. The highest BCUT2D eigenvalue weighted by Gasteiger charge is 2.38. The Kier molecular flexibility index (Phi) is 5.99. The Morgan fingerprint density at radius 1 is 1.29 bits per heavy atom. The number of imidazole rings is 1. The number of carbonyl (C=O) groups excluding carboxylic acids is 1. The van der Waals surface area contributed by atoms with E-state index in [2.05, 4.69) is 21.7 Å². The van der Waals surface area contributed by atoms with Crippen LogP contribution in [-0.2, 0) is 17.8 Å². The lowest BCUT2D eigenvalue weighted by molar-refractivity contribution is -0.120. The molecule has 2 aromatic heterocycles. The minimum absolute atomic E-state index is 0.160. The Bertz CT molecular complexity index is 1460. The Morgan fingerprint density at radius 3 is 2.79 bits per heavy atom. The Balaban J connectivity index is 1.48. The molecule has 0 atom stereocenters. The van der Waals surface area contributed by atoms with Gasteiger partial charge in [0, 0.05) is 23.1 Å². The van der Waals surface area contributed by atoms with Crippen LogP contribution in [0.1, 0.15) is 31.3 Å². The number of hydrogen-bond donors (Lipinski definition) is 2. The number of fused-ring (bicyclic) bond motifs is 2. The molecule has 0 aliphatic heterocycles. The first-order valence-electron chi connectivity index (χ1n) is 11.0. The molecule has 1 fully saturated rings. The van der Waals surface area contributed by atoms with Gasteiger partial charge in [-0.15, -0.1) is 0 Å². The number of carbonyl (C=O) groups is 1. The predicted octanol–water partition coefficient (Wildman–Crippen LogP) is 4.09. The fourth-order valence-electron chi connectivity index (χ4n) is 3.85. The molecule has 1 amide bonds. The molecule has 0 spiro atoms. The first-order chi connectivity index (χ1) is 16.3. The molecule has 2 heterocycles. The minimum Gasteiger partial charge on any atom is -0.491 e. The van der Waals surface area contributed by atoms with Crippen LogP contribution in [0.4, 0.5) is 0 Å². The molecule has 0 bridgehead atoms. The summed E-state index contributed by atoms with van der Waals surface area (Å²) in [5.74, 6) is 1.00. The van der Waals surface area contributed by atoms with Gasteiger partial charge in [0.25, 0.3) is 11.5 Å². The minimum atomic E-state index is -0.307. The van der Waals surface area contributed by atoms with Crippen LogP contribution in [0.5, 0.6) is 5.75 Å². The SMILES string of the molecule is CSNC(=O)Cn1nc(Cc2nc3cc(OCC4(C)CC4)c(Cl)cc3[nH]2)c2ccccc2c1=O. The maximum Gasteiger partial charge on any atom is 0.275 e. The molecule has 0 radical (unpaired) electrons. The molecule has 4 aromatic rings. The first-order valence-corrected chi connectivity index (χ1v) is 12.6. The van der Waals surface area contributed by atoms with Gasteiger partial charge in [-0.3, -0.25) is 14.3 Å². The molecule has 176 valence electrons. The smallest absolute Gasteiger partial charge is 0.275 e. The zero-order chi connectivity index (χ0) is 23.9. The van der Waals surface area contributed by atoms with Crippen LogP contribution in [0, 0.1) is 5.41 Å². The maximum atomic E-state index is 12.9. The van der Waals surface area contributed by atoms with Crippen molar-refractivity contribution in [1.82, 2.24) is 24.5 Å². The Morgan fingerprint density at radius 2 is 2.06 bits per heavy atom. The van der Waals surface area contributed by atoms with E-state index in [4.69, 9.17) is 21.3 Å². The lowest BCUT2D eigenvalue weighted by Crippen LogP contribution is -2.32. The summed E-state index contributed by atoms with van der Waals surface area (Å²) in [6, 6.07) is 10.9. The normalized spacial score (nSPS) is 14.4. The van der Waals surface area contributed by atoms with Crippen LogP contribution in [0.2, 0.25) is 5.02 Å². The predicted molar refractivity (Wildman–Crippen MR) is 134 cm³/mol. The molecule has 2 aromatic carbocycles. The van der Waals surface area contributed by atoms with Gasteiger partial charge in [-0.25, -0.2) is 9.67 Å². The third-order valence-electron chi connectivity index (χ3n) is 6.05. The molecular formula is C24H24ClN5O3S. The van der Waals surface area contributed by atoms with Crippen molar-refractivity contribution in [3.63, 3.8) is 0 Å². The van der Waals surface area contributed by atoms with Crippen molar-refractivity contribution in [3.8, 4) is 5.75 Å². The molecule has 10 heteroatoms. The maximum absolute atomic E-state index is 12.9. The average molecular weight is 498 g/mol. The second-order valence-electron chi connectivity index (χ2n) is 8.94. The van der Waals surface area contributed by atoms with Gasteiger partial charge in [-0.1, -0.05) is 48.7 Å². The Labute approximate surface area is 205 Å². The highest BCUT2D eigenvalue weighted by atomic mass is 35.5. The summed E-state index contributed by atoms with van der Waals surface area (Å²) in [5.41, 5.74) is 2.13. The van der Waals surface area contributed by atoms with Crippen LogP contribution in [0.3, 0.4) is 0 Å². The van der Waals surface area contributed by atoms with Crippen LogP contribution >= 0.6 is 23.5 Å². The monoisotopic (exact) mass is 497 g/mol. The second-order valence-corrected chi connectivity index (χ2v) is 9.96. The van der Waals surface area contributed by atoms with E-state index in [1.54, 1.807) is 18.4 Å². The van der Waals surface area contributed by atoms with Crippen LogP contribution in [-0.4, -0.2) is 38.5 Å². The van der Waals surface area contributed by atoms with Gasteiger partial charge in [-0.05, 0) is 25.0 Å². The van der Waals surface area contributed by atoms with E-state index in [9.17, 15) is 9.59 Å². The largest absolute Gasteiger partial charge is 0.491 e. The number of halogens is 1. The van der Waals surface area contributed by atoms with Crippen molar-refractivity contribution in [3.05, 3.63) is 63.3 Å². The lowest BCUT2D eigenvalue weighted by Gasteiger charge is -2.11. The van der Waals surface area contributed by atoms with Crippen molar-refractivity contribution < 1.29 is 9.53 Å². The molecule has 34 heavy (non-hydrogen) atoms. The second kappa shape index (κ2) is 8.96. The molecule has 2 N–H and O–H groups in total. The summed E-state index contributed by atoms with van der Waals surface area (Å²) in [5, 5.41) is 6.28. The van der Waals surface area contributed by atoms with Crippen LogP contribution in [0.15, 0.2) is 41.2 Å². The number of amides is 1. The average Bonchev–Trinajstić information content (AvgIpc) is 3.42. The van der Waals surface area contributed by atoms with Crippen molar-refractivity contribution in [2.75, 3.05) is 12.9 Å². The van der Waals surface area contributed by atoms with Crippen molar-refractivity contribution in [2.45, 2.75) is 32.7 Å². The van der Waals surface area contributed by atoms with E-state index in [0.29, 0.717) is 40.7 Å². The standard InChI is InChI=1S/C24H24ClN5O3S/c1-24(7-8-24)13-33-20-10-19-18(9-16(20)25)26-21(27-19)11-17-14-5-3-4-6-15(14)23(32)30(28-17)12-22(31)29-34-2/h3-6,9-10H,7-8,11-13H2,1-2H3,(H,26,27)(H,29,31). The topological polar surface area (TPSA) is 102 Å². The Hall–Kier alpha value is -3.04. The number of benzene rings is 2. The van der Waals surface area contributed by atoms with E-state index in [-0.39, 0.29) is 23.4 Å². The zero-order valence-electron chi connectivity index (χ0n) is 18.9.